The molecule has 8 heteroatoms. The molecule has 0 amide bonds. The van der Waals surface area contributed by atoms with E-state index in [1.165, 1.54) is 12.3 Å². The number of aliphatic hydroxyl groups excluding tert-OH is 2. The number of hydrogen-bond acceptors (Lipinski definition) is 4. The lowest BCUT2D eigenvalue weighted by atomic mass is 10.1. The third-order valence-corrected chi connectivity index (χ3v) is 2.37. The highest BCUT2D eigenvalue weighted by Crippen LogP contribution is 2.26. The van der Waals surface area contributed by atoms with Crippen molar-refractivity contribution in [2.75, 3.05) is 6.54 Å². The van der Waals surface area contributed by atoms with Crippen LogP contribution in [-0.2, 0) is 0 Å². The summed E-state index contributed by atoms with van der Waals surface area (Å²) in [5.41, 5.74) is 8.26. The van der Waals surface area contributed by atoms with Crippen molar-refractivity contribution in [1.29, 1.82) is 0 Å². The van der Waals surface area contributed by atoms with Crippen LogP contribution in [0.1, 0.15) is 11.7 Å². The smallest absolute Gasteiger partial charge is 0.135 e. The molecule has 1 rings (SSSR count). The molecule has 0 saturated carbocycles. The summed E-state index contributed by atoms with van der Waals surface area (Å²) in [7, 11) is 0. The van der Waals surface area contributed by atoms with Crippen LogP contribution in [0.25, 0.3) is 10.4 Å². The van der Waals surface area contributed by atoms with E-state index in [-0.39, 0.29) is 22.3 Å². The van der Waals surface area contributed by atoms with Gasteiger partial charge in [0.1, 0.15) is 11.3 Å². The van der Waals surface area contributed by atoms with Crippen molar-refractivity contribution in [1.82, 2.24) is 4.98 Å². The molecule has 0 aliphatic heterocycles. The van der Waals surface area contributed by atoms with Crippen molar-refractivity contribution in [3.63, 3.8) is 0 Å². The molecule has 0 spiro atoms. The van der Waals surface area contributed by atoms with Gasteiger partial charge in [-0.2, -0.15) is 0 Å². The van der Waals surface area contributed by atoms with Crippen LogP contribution in [0.15, 0.2) is 17.4 Å². The largest absolute Gasteiger partial charge is 0.390 e. The fourth-order valence-corrected chi connectivity index (χ4v) is 1.45. The molecule has 16 heavy (non-hydrogen) atoms. The van der Waals surface area contributed by atoms with Gasteiger partial charge < -0.3 is 10.2 Å². The first kappa shape index (κ1) is 13.0. The third-order valence-electron chi connectivity index (χ3n) is 1.85. The number of hydrogen-bond donors (Lipinski definition) is 2. The molecule has 1 aromatic heterocycles. The van der Waals surface area contributed by atoms with Crippen LogP contribution in [0.4, 0.5) is 0 Å². The summed E-state index contributed by atoms with van der Waals surface area (Å²) < 4.78 is 0. The quantitative estimate of drug-likeness (QED) is 0.376. The molecule has 1 aromatic rings. The normalized spacial score (nSPS) is 14.0. The molecule has 2 N–H and O–H groups in total. The van der Waals surface area contributed by atoms with Gasteiger partial charge in [0.25, 0.3) is 0 Å². The number of nitrogens with zero attached hydrogens (tertiary/aromatic N) is 4. The summed E-state index contributed by atoms with van der Waals surface area (Å²) in [6.07, 6.45) is -1.24. The van der Waals surface area contributed by atoms with Gasteiger partial charge in [-0.05, 0) is 11.6 Å². The summed E-state index contributed by atoms with van der Waals surface area (Å²) in [6.45, 7) is -0.263. The fourth-order valence-electron chi connectivity index (χ4n) is 1.07. The van der Waals surface area contributed by atoms with E-state index in [2.05, 4.69) is 15.0 Å². The molecule has 0 saturated heterocycles. The molecule has 2 atom stereocenters. The number of halogens is 2. The Bertz CT molecular complexity index is 422. The van der Waals surface area contributed by atoms with Crippen LogP contribution in [-0.4, -0.2) is 27.8 Å². The van der Waals surface area contributed by atoms with Gasteiger partial charge in [0.05, 0.1) is 17.7 Å². The predicted molar refractivity (Wildman–Crippen MR) is 59.2 cm³/mol. The average Bonchev–Trinajstić information content (AvgIpc) is 2.28. The highest BCUT2D eigenvalue weighted by molar-refractivity contribution is 6.32. The van der Waals surface area contributed by atoms with Crippen molar-refractivity contribution in [2.45, 2.75) is 12.2 Å². The van der Waals surface area contributed by atoms with Crippen molar-refractivity contribution >= 4 is 23.2 Å². The summed E-state index contributed by atoms with van der Waals surface area (Å²) >= 11 is 11.4. The lowest BCUT2D eigenvalue weighted by molar-refractivity contribution is 0.0243. The van der Waals surface area contributed by atoms with Crippen molar-refractivity contribution in [2.24, 2.45) is 5.11 Å². The Labute approximate surface area is 101 Å². The maximum absolute atomic E-state index is 9.70. The Morgan fingerprint density at radius 1 is 1.50 bits per heavy atom. The second-order valence-corrected chi connectivity index (χ2v) is 3.75. The van der Waals surface area contributed by atoms with E-state index in [1.54, 1.807) is 0 Å². The number of azide groups is 1. The summed E-state index contributed by atoms with van der Waals surface area (Å²) in [6, 6.07) is 1.39. The monoisotopic (exact) mass is 262 g/mol. The highest BCUT2D eigenvalue weighted by Gasteiger charge is 2.21. The van der Waals surface area contributed by atoms with Gasteiger partial charge in [-0.25, -0.2) is 4.98 Å². The van der Waals surface area contributed by atoms with Crippen LogP contribution in [0.2, 0.25) is 10.2 Å². The molecular formula is C8H8Cl2N4O2. The lowest BCUT2D eigenvalue weighted by Crippen LogP contribution is -2.21. The Balaban J connectivity index is 2.90. The number of rotatable bonds is 4. The Kier molecular flexibility index (Phi) is 4.79. The SMILES string of the molecule is [N-]=[N+]=NCC(O)C(O)c1cc(Cl)cnc1Cl. The van der Waals surface area contributed by atoms with Crippen LogP contribution in [0, 0.1) is 0 Å². The molecule has 6 nitrogen and oxygen atoms in total. The van der Waals surface area contributed by atoms with E-state index in [1.807, 2.05) is 0 Å². The van der Waals surface area contributed by atoms with Crippen LogP contribution in [0.3, 0.4) is 0 Å². The Hall–Kier alpha value is -1.04. The van der Waals surface area contributed by atoms with E-state index in [9.17, 15) is 10.2 Å². The van der Waals surface area contributed by atoms with E-state index in [0.717, 1.165) is 0 Å². The summed E-state index contributed by atoms with van der Waals surface area (Å²) in [5, 5.41) is 22.6. The van der Waals surface area contributed by atoms with Crippen LogP contribution < -0.4 is 0 Å². The van der Waals surface area contributed by atoms with Crippen LogP contribution >= 0.6 is 23.2 Å². The molecule has 0 aliphatic carbocycles. The van der Waals surface area contributed by atoms with Gasteiger partial charge in [0, 0.05) is 16.7 Å². The minimum Gasteiger partial charge on any atom is -0.390 e. The highest BCUT2D eigenvalue weighted by atomic mass is 35.5. The first-order valence-electron chi connectivity index (χ1n) is 4.24. The molecular weight excluding hydrogens is 255 g/mol. The second kappa shape index (κ2) is 5.89. The van der Waals surface area contributed by atoms with E-state index < -0.39 is 12.2 Å². The lowest BCUT2D eigenvalue weighted by Gasteiger charge is -2.16. The maximum atomic E-state index is 9.70. The van der Waals surface area contributed by atoms with Gasteiger partial charge in [-0.3, -0.25) is 0 Å². The molecule has 0 aliphatic rings. The molecule has 86 valence electrons. The zero-order chi connectivity index (χ0) is 12.1. The van der Waals surface area contributed by atoms with Gasteiger partial charge in [-0.1, -0.05) is 28.3 Å². The Morgan fingerprint density at radius 2 is 2.19 bits per heavy atom. The van der Waals surface area contributed by atoms with Crippen LogP contribution in [0.5, 0.6) is 0 Å². The number of aromatic nitrogens is 1. The zero-order valence-electron chi connectivity index (χ0n) is 7.96. The standard InChI is InChI=1S/C8H8Cl2N4O2/c9-4-1-5(8(10)12-2-4)7(16)6(15)3-13-14-11/h1-2,6-7,15-16H,3H2. The molecule has 0 radical (unpaired) electrons. The fraction of sp³-hybridized carbons (Fsp3) is 0.375. The van der Waals surface area contributed by atoms with Crippen molar-refractivity contribution < 1.29 is 10.2 Å². The molecule has 2 unspecified atom stereocenters. The Morgan fingerprint density at radius 3 is 2.81 bits per heavy atom. The molecule has 0 aromatic carbocycles. The first-order chi connectivity index (χ1) is 7.56. The predicted octanol–water partition coefficient (Wildman–Crippen LogP) is 2.09. The number of aliphatic hydroxyl groups is 2. The topological polar surface area (TPSA) is 102 Å². The van der Waals surface area contributed by atoms with Gasteiger partial charge in [0.15, 0.2) is 0 Å². The van der Waals surface area contributed by atoms with E-state index in [4.69, 9.17) is 28.7 Å². The van der Waals surface area contributed by atoms with Crippen molar-refractivity contribution in [3.05, 3.63) is 38.4 Å². The molecule has 1 heterocycles. The first-order valence-corrected chi connectivity index (χ1v) is 4.99. The minimum atomic E-state index is -1.30. The van der Waals surface area contributed by atoms with E-state index in [0.29, 0.717) is 0 Å². The molecule has 0 fully saturated rings. The third kappa shape index (κ3) is 3.23. The van der Waals surface area contributed by atoms with Crippen molar-refractivity contribution in [3.8, 4) is 0 Å². The number of pyridine rings is 1. The maximum Gasteiger partial charge on any atom is 0.135 e. The van der Waals surface area contributed by atoms with Gasteiger partial charge >= 0.3 is 0 Å². The summed E-state index contributed by atoms with van der Waals surface area (Å²) in [4.78, 5) is 6.19. The van der Waals surface area contributed by atoms with Gasteiger partial charge in [-0.15, -0.1) is 0 Å². The van der Waals surface area contributed by atoms with Gasteiger partial charge in [0.2, 0.25) is 0 Å². The summed E-state index contributed by atoms with van der Waals surface area (Å²) in [5.74, 6) is 0. The average molecular weight is 263 g/mol. The second-order valence-electron chi connectivity index (χ2n) is 2.96. The molecule has 0 bridgehead atoms. The minimum absolute atomic E-state index is 0.0388. The van der Waals surface area contributed by atoms with E-state index >= 15 is 0 Å². The zero-order valence-corrected chi connectivity index (χ0v) is 9.47.